The number of rotatable bonds is 5. The number of carbonyl (C=O) groups excluding carboxylic acids is 1. The van der Waals surface area contributed by atoms with Crippen LogP contribution in [0.5, 0.6) is 0 Å². The van der Waals surface area contributed by atoms with E-state index in [1.54, 1.807) is 6.92 Å². The molecule has 0 aliphatic carbocycles. The molecule has 0 aliphatic rings. The highest BCUT2D eigenvalue weighted by Gasteiger charge is 1.93. The Hall–Kier alpha value is -0.410. The summed E-state index contributed by atoms with van der Waals surface area (Å²) in [7, 11) is 0. The molecular formula is C6H13NO2. The van der Waals surface area contributed by atoms with Gasteiger partial charge in [0.25, 0.3) is 0 Å². The van der Waals surface area contributed by atoms with E-state index in [-0.39, 0.29) is 6.04 Å². The van der Waals surface area contributed by atoms with E-state index < -0.39 is 0 Å². The van der Waals surface area contributed by atoms with Crippen LogP contribution in [0.2, 0.25) is 0 Å². The molecule has 1 unspecified atom stereocenters. The van der Waals surface area contributed by atoms with E-state index in [4.69, 9.17) is 4.74 Å². The number of hydrogen-bond acceptors (Lipinski definition) is 3. The van der Waals surface area contributed by atoms with Gasteiger partial charge in [-0.1, -0.05) is 0 Å². The summed E-state index contributed by atoms with van der Waals surface area (Å²) >= 11 is 0. The van der Waals surface area contributed by atoms with Gasteiger partial charge in [-0.15, -0.1) is 0 Å². The van der Waals surface area contributed by atoms with Gasteiger partial charge < -0.3 is 9.53 Å². The largest absolute Gasteiger partial charge is 0.367 e. The standard InChI is InChI=1S/C6H13NO2/c1-3-9-5-7-6(2)4-8/h4,6-7H,3,5H2,1-2H3. The van der Waals surface area contributed by atoms with Gasteiger partial charge in [0.05, 0.1) is 12.8 Å². The fourth-order valence-electron chi connectivity index (χ4n) is 0.341. The predicted molar refractivity (Wildman–Crippen MR) is 35.2 cm³/mol. The van der Waals surface area contributed by atoms with Crippen molar-refractivity contribution in [3.05, 3.63) is 0 Å². The minimum absolute atomic E-state index is 0.100. The van der Waals surface area contributed by atoms with Crippen LogP contribution in [-0.4, -0.2) is 25.7 Å². The first kappa shape index (κ1) is 8.59. The molecule has 0 bridgehead atoms. The summed E-state index contributed by atoms with van der Waals surface area (Å²) in [5, 5.41) is 2.84. The van der Waals surface area contributed by atoms with Crippen LogP contribution in [0.25, 0.3) is 0 Å². The van der Waals surface area contributed by atoms with E-state index in [2.05, 4.69) is 5.32 Å². The van der Waals surface area contributed by atoms with Crippen molar-refractivity contribution in [3.63, 3.8) is 0 Å². The minimum Gasteiger partial charge on any atom is -0.367 e. The third-order valence-corrected chi connectivity index (χ3v) is 0.916. The highest BCUT2D eigenvalue weighted by atomic mass is 16.5. The molecule has 9 heavy (non-hydrogen) atoms. The summed E-state index contributed by atoms with van der Waals surface area (Å²) in [6.07, 6.45) is 0.846. The summed E-state index contributed by atoms with van der Waals surface area (Å²) in [6.45, 7) is 4.83. The Morgan fingerprint density at radius 1 is 1.78 bits per heavy atom. The van der Waals surface area contributed by atoms with Crippen molar-refractivity contribution in [1.29, 1.82) is 0 Å². The van der Waals surface area contributed by atoms with Crippen molar-refractivity contribution in [2.75, 3.05) is 13.3 Å². The van der Waals surface area contributed by atoms with Gasteiger partial charge >= 0.3 is 0 Å². The highest BCUT2D eigenvalue weighted by Crippen LogP contribution is 1.73. The molecule has 0 heterocycles. The average Bonchev–Trinajstić information content (AvgIpc) is 1.89. The lowest BCUT2D eigenvalue weighted by atomic mass is 10.4. The zero-order chi connectivity index (χ0) is 7.11. The van der Waals surface area contributed by atoms with Gasteiger partial charge in [0.2, 0.25) is 0 Å². The van der Waals surface area contributed by atoms with E-state index in [1.807, 2.05) is 6.92 Å². The van der Waals surface area contributed by atoms with E-state index >= 15 is 0 Å². The molecule has 0 saturated carbocycles. The normalized spacial score (nSPS) is 13.1. The topological polar surface area (TPSA) is 38.3 Å². The van der Waals surface area contributed by atoms with E-state index in [9.17, 15) is 4.79 Å². The van der Waals surface area contributed by atoms with Crippen molar-refractivity contribution < 1.29 is 9.53 Å². The van der Waals surface area contributed by atoms with Gasteiger partial charge in [-0.05, 0) is 13.8 Å². The molecule has 0 aromatic rings. The maximum Gasteiger partial charge on any atom is 0.136 e. The monoisotopic (exact) mass is 131 g/mol. The fourth-order valence-corrected chi connectivity index (χ4v) is 0.341. The van der Waals surface area contributed by atoms with E-state index in [0.717, 1.165) is 6.29 Å². The smallest absolute Gasteiger partial charge is 0.136 e. The third kappa shape index (κ3) is 5.46. The molecule has 54 valence electrons. The molecule has 0 amide bonds. The van der Waals surface area contributed by atoms with Gasteiger partial charge in [0.1, 0.15) is 6.29 Å². The van der Waals surface area contributed by atoms with Crippen molar-refractivity contribution in [2.45, 2.75) is 19.9 Å². The number of aldehydes is 1. The van der Waals surface area contributed by atoms with Crippen molar-refractivity contribution >= 4 is 6.29 Å². The molecule has 1 atom stereocenters. The summed E-state index contributed by atoms with van der Waals surface area (Å²) in [5.41, 5.74) is 0. The first-order chi connectivity index (χ1) is 4.31. The molecule has 3 heteroatoms. The van der Waals surface area contributed by atoms with Crippen LogP contribution in [0, 0.1) is 0 Å². The molecule has 0 aliphatic heterocycles. The number of hydrogen-bond donors (Lipinski definition) is 1. The molecule has 0 fully saturated rings. The Bertz CT molecular complexity index is 75.5. The molecule has 0 aromatic heterocycles. The Morgan fingerprint density at radius 2 is 2.44 bits per heavy atom. The van der Waals surface area contributed by atoms with Gasteiger partial charge in [-0.25, -0.2) is 0 Å². The fraction of sp³-hybridized carbons (Fsp3) is 0.833. The van der Waals surface area contributed by atoms with Crippen LogP contribution in [0.15, 0.2) is 0 Å². The molecule has 0 rings (SSSR count). The summed E-state index contributed by atoms with van der Waals surface area (Å²) in [5.74, 6) is 0. The van der Waals surface area contributed by atoms with Crippen LogP contribution in [0.1, 0.15) is 13.8 Å². The van der Waals surface area contributed by atoms with Crippen molar-refractivity contribution in [1.82, 2.24) is 5.32 Å². The number of ether oxygens (including phenoxy) is 1. The van der Waals surface area contributed by atoms with Crippen molar-refractivity contribution in [2.24, 2.45) is 0 Å². The molecule has 0 spiro atoms. The summed E-state index contributed by atoms with van der Waals surface area (Å²) in [6, 6.07) is -0.100. The van der Waals surface area contributed by atoms with Gasteiger partial charge in [-0.3, -0.25) is 5.32 Å². The first-order valence-electron chi connectivity index (χ1n) is 3.07. The van der Waals surface area contributed by atoms with Crippen LogP contribution in [0.3, 0.4) is 0 Å². The third-order valence-electron chi connectivity index (χ3n) is 0.916. The second-order valence-electron chi connectivity index (χ2n) is 1.77. The number of carbonyl (C=O) groups is 1. The van der Waals surface area contributed by atoms with E-state index in [1.165, 1.54) is 0 Å². The molecule has 0 saturated heterocycles. The summed E-state index contributed by atoms with van der Waals surface area (Å²) in [4.78, 5) is 9.98. The minimum atomic E-state index is -0.100. The van der Waals surface area contributed by atoms with Crippen molar-refractivity contribution in [3.8, 4) is 0 Å². The maximum atomic E-state index is 9.98. The Morgan fingerprint density at radius 3 is 2.89 bits per heavy atom. The Balaban J connectivity index is 2.96. The molecule has 0 aromatic carbocycles. The molecule has 0 radical (unpaired) electrons. The maximum absolute atomic E-state index is 9.98. The van der Waals surface area contributed by atoms with E-state index in [0.29, 0.717) is 13.3 Å². The lowest BCUT2D eigenvalue weighted by Crippen LogP contribution is -2.29. The second-order valence-corrected chi connectivity index (χ2v) is 1.77. The van der Waals surface area contributed by atoms with Crippen LogP contribution < -0.4 is 5.32 Å². The van der Waals surface area contributed by atoms with Crippen LogP contribution >= 0.6 is 0 Å². The molecule has 3 nitrogen and oxygen atoms in total. The average molecular weight is 131 g/mol. The van der Waals surface area contributed by atoms with Crippen LogP contribution in [-0.2, 0) is 9.53 Å². The zero-order valence-electron chi connectivity index (χ0n) is 5.89. The first-order valence-corrected chi connectivity index (χ1v) is 3.07. The predicted octanol–water partition coefficient (Wildman–Crippen LogP) is 0.157. The Kier molecular flexibility index (Phi) is 5.46. The van der Waals surface area contributed by atoms with Gasteiger partial charge in [0, 0.05) is 6.61 Å². The molecular weight excluding hydrogens is 118 g/mol. The SMILES string of the molecule is CCOCNC(C)C=O. The molecule has 1 N–H and O–H groups in total. The summed E-state index contributed by atoms with van der Waals surface area (Å²) < 4.78 is 4.94. The second kappa shape index (κ2) is 5.72. The zero-order valence-corrected chi connectivity index (χ0v) is 5.89. The lowest BCUT2D eigenvalue weighted by molar-refractivity contribution is -0.109. The number of nitrogens with one attached hydrogen (secondary N) is 1. The Labute approximate surface area is 55.4 Å². The van der Waals surface area contributed by atoms with Crippen LogP contribution in [0.4, 0.5) is 0 Å². The quantitative estimate of drug-likeness (QED) is 0.328. The lowest BCUT2D eigenvalue weighted by Gasteiger charge is -2.05. The van der Waals surface area contributed by atoms with Gasteiger partial charge in [0.15, 0.2) is 0 Å². The highest BCUT2D eigenvalue weighted by molar-refractivity contribution is 5.56. The van der Waals surface area contributed by atoms with Gasteiger partial charge in [-0.2, -0.15) is 0 Å².